The van der Waals surface area contributed by atoms with Crippen molar-refractivity contribution in [2.45, 2.75) is 12.7 Å². The second-order valence-electron chi connectivity index (χ2n) is 5.24. The van der Waals surface area contributed by atoms with Crippen LogP contribution in [0.15, 0.2) is 53.2 Å². The number of alkyl halides is 3. The maximum absolute atomic E-state index is 12.7. The largest absolute Gasteiger partial charge is 0.467 e. The van der Waals surface area contributed by atoms with E-state index in [-0.39, 0.29) is 12.3 Å². The molecule has 0 fully saturated rings. The maximum atomic E-state index is 12.7. The smallest absolute Gasteiger partial charge is 0.406 e. The van der Waals surface area contributed by atoms with E-state index >= 15 is 0 Å². The van der Waals surface area contributed by atoms with E-state index in [2.05, 4.69) is 4.98 Å². The standard InChI is InChI=1S/C17H13F3N2O2S/c18-17(19,20)11-22(10-12-4-3-9-24-12)16(23)8-7-15-21-13-5-1-2-6-14(13)25-15/h1-9H,10-11H2/b8-7+. The first-order chi connectivity index (χ1) is 11.9. The molecule has 25 heavy (non-hydrogen) atoms. The SMILES string of the molecule is O=C(/C=C/c1nc2ccccc2s1)N(Cc1ccco1)CC(F)(F)F. The molecule has 0 N–H and O–H groups in total. The molecule has 0 aliphatic rings. The zero-order valence-electron chi connectivity index (χ0n) is 12.9. The normalized spacial score (nSPS) is 12.1. The van der Waals surface area contributed by atoms with Crippen molar-refractivity contribution in [2.75, 3.05) is 6.54 Å². The minimum Gasteiger partial charge on any atom is -0.467 e. The van der Waals surface area contributed by atoms with Gasteiger partial charge in [0, 0.05) is 6.08 Å². The van der Waals surface area contributed by atoms with E-state index in [0.29, 0.717) is 9.91 Å². The Labute approximate surface area is 145 Å². The third kappa shape index (κ3) is 4.69. The number of amides is 1. The van der Waals surface area contributed by atoms with Crippen molar-refractivity contribution in [1.29, 1.82) is 0 Å². The molecule has 4 nitrogen and oxygen atoms in total. The molecule has 0 spiro atoms. The van der Waals surface area contributed by atoms with Crippen LogP contribution in [0.4, 0.5) is 13.2 Å². The number of halogens is 3. The van der Waals surface area contributed by atoms with Crippen molar-refractivity contribution < 1.29 is 22.4 Å². The molecule has 2 heterocycles. The molecule has 0 bridgehead atoms. The average molecular weight is 366 g/mol. The van der Waals surface area contributed by atoms with E-state index in [0.717, 1.165) is 16.3 Å². The number of nitrogens with zero attached hydrogens (tertiary/aromatic N) is 2. The van der Waals surface area contributed by atoms with Gasteiger partial charge in [0.15, 0.2) is 0 Å². The summed E-state index contributed by atoms with van der Waals surface area (Å²) in [5, 5.41) is 0.555. The Bertz CT molecular complexity index is 852. The van der Waals surface area contributed by atoms with Gasteiger partial charge in [0.25, 0.3) is 0 Å². The zero-order chi connectivity index (χ0) is 17.9. The molecule has 3 aromatic rings. The summed E-state index contributed by atoms with van der Waals surface area (Å²) >= 11 is 1.36. The third-order valence-electron chi connectivity index (χ3n) is 3.29. The fourth-order valence-electron chi connectivity index (χ4n) is 2.23. The minimum atomic E-state index is -4.49. The van der Waals surface area contributed by atoms with Gasteiger partial charge in [-0.2, -0.15) is 13.2 Å². The summed E-state index contributed by atoms with van der Waals surface area (Å²) in [5.41, 5.74) is 0.780. The van der Waals surface area contributed by atoms with Crippen LogP contribution in [-0.2, 0) is 11.3 Å². The van der Waals surface area contributed by atoms with Crippen LogP contribution < -0.4 is 0 Å². The Hall–Kier alpha value is -2.61. The number of benzene rings is 1. The van der Waals surface area contributed by atoms with Gasteiger partial charge in [-0.1, -0.05) is 12.1 Å². The maximum Gasteiger partial charge on any atom is 0.406 e. The molecule has 1 amide bonds. The number of fused-ring (bicyclic) bond motifs is 1. The molecule has 0 radical (unpaired) electrons. The number of para-hydroxylation sites is 1. The highest BCUT2D eigenvalue weighted by atomic mass is 32.1. The van der Waals surface area contributed by atoms with Crippen molar-refractivity contribution in [2.24, 2.45) is 0 Å². The summed E-state index contributed by atoms with van der Waals surface area (Å²) in [7, 11) is 0. The summed E-state index contributed by atoms with van der Waals surface area (Å²) in [5.74, 6) is -0.473. The number of carbonyl (C=O) groups is 1. The second-order valence-corrected chi connectivity index (χ2v) is 6.30. The lowest BCUT2D eigenvalue weighted by atomic mass is 10.3. The highest BCUT2D eigenvalue weighted by molar-refractivity contribution is 7.19. The Balaban J connectivity index is 1.76. The van der Waals surface area contributed by atoms with Gasteiger partial charge in [-0.25, -0.2) is 4.98 Å². The summed E-state index contributed by atoms with van der Waals surface area (Å²) in [6.07, 6.45) is -0.612. The third-order valence-corrected chi connectivity index (χ3v) is 4.29. The summed E-state index contributed by atoms with van der Waals surface area (Å²) in [4.78, 5) is 17.2. The van der Waals surface area contributed by atoms with Gasteiger partial charge in [-0.05, 0) is 30.3 Å². The molecule has 130 valence electrons. The number of rotatable bonds is 5. The second kappa shape index (κ2) is 7.10. The molecule has 0 aliphatic heterocycles. The van der Waals surface area contributed by atoms with Gasteiger partial charge in [0.2, 0.25) is 5.91 Å². The predicted octanol–water partition coefficient (Wildman–Crippen LogP) is 4.49. The molecule has 0 saturated heterocycles. The molecular weight excluding hydrogens is 353 g/mol. The van der Waals surface area contributed by atoms with Crippen molar-refractivity contribution in [3.05, 3.63) is 59.5 Å². The Morgan fingerprint density at radius 3 is 2.72 bits per heavy atom. The van der Waals surface area contributed by atoms with Gasteiger partial charge in [0.05, 0.1) is 23.0 Å². The minimum absolute atomic E-state index is 0.254. The molecule has 0 saturated carbocycles. The summed E-state index contributed by atoms with van der Waals surface area (Å²) in [6.45, 7) is -1.60. The van der Waals surface area contributed by atoms with Crippen LogP contribution in [0.3, 0.4) is 0 Å². The Morgan fingerprint density at radius 1 is 1.24 bits per heavy atom. The van der Waals surface area contributed by atoms with Crippen LogP contribution in [0.5, 0.6) is 0 Å². The molecule has 2 aromatic heterocycles. The number of thiazole rings is 1. The topological polar surface area (TPSA) is 46.3 Å². The molecule has 0 atom stereocenters. The number of furan rings is 1. The van der Waals surface area contributed by atoms with Crippen molar-refractivity contribution >= 4 is 33.5 Å². The zero-order valence-corrected chi connectivity index (χ0v) is 13.7. The van der Waals surface area contributed by atoms with Crippen LogP contribution in [0, 0.1) is 0 Å². The lowest BCUT2D eigenvalue weighted by Gasteiger charge is -2.21. The molecule has 0 unspecified atom stereocenters. The van der Waals surface area contributed by atoms with E-state index in [9.17, 15) is 18.0 Å². The predicted molar refractivity (Wildman–Crippen MR) is 88.8 cm³/mol. The number of aromatic nitrogens is 1. The van der Waals surface area contributed by atoms with Crippen LogP contribution in [0.1, 0.15) is 10.8 Å². The molecule has 1 aromatic carbocycles. The molecule has 3 rings (SSSR count). The van der Waals surface area contributed by atoms with Gasteiger partial charge in [0.1, 0.15) is 17.3 Å². The monoisotopic (exact) mass is 366 g/mol. The molecule has 0 aliphatic carbocycles. The van der Waals surface area contributed by atoms with Gasteiger partial charge < -0.3 is 9.32 Å². The van der Waals surface area contributed by atoms with E-state index in [1.54, 1.807) is 6.07 Å². The van der Waals surface area contributed by atoms with Gasteiger partial charge >= 0.3 is 6.18 Å². The van der Waals surface area contributed by atoms with E-state index in [1.165, 1.54) is 29.7 Å². The molecule has 8 heteroatoms. The lowest BCUT2D eigenvalue weighted by molar-refractivity contribution is -0.159. The van der Waals surface area contributed by atoms with Crippen LogP contribution >= 0.6 is 11.3 Å². The average Bonchev–Trinajstić information content (AvgIpc) is 3.19. The van der Waals surface area contributed by atoms with Crippen LogP contribution in [0.25, 0.3) is 16.3 Å². The fraction of sp³-hybridized carbons (Fsp3) is 0.176. The first kappa shape index (κ1) is 17.2. The van der Waals surface area contributed by atoms with Gasteiger partial charge in [-0.15, -0.1) is 11.3 Å². The number of hydrogen-bond acceptors (Lipinski definition) is 4. The lowest BCUT2D eigenvalue weighted by Crippen LogP contribution is -2.37. The van der Waals surface area contributed by atoms with E-state index in [4.69, 9.17) is 4.42 Å². The van der Waals surface area contributed by atoms with E-state index < -0.39 is 18.6 Å². The van der Waals surface area contributed by atoms with Gasteiger partial charge in [-0.3, -0.25) is 4.79 Å². The van der Waals surface area contributed by atoms with E-state index in [1.807, 2.05) is 24.3 Å². The summed E-state index contributed by atoms with van der Waals surface area (Å²) in [6, 6.07) is 10.5. The number of hydrogen-bond donors (Lipinski definition) is 0. The van der Waals surface area contributed by atoms with Crippen molar-refractivity contribution in [1.82, 2.24) is 9.88 Å². The highest BCUT2D eigenvalue weighted by Gasteiger charge is 2.32. The quantitative estimate of drug-likeness (QED) is 0.625. The first-order valence-corrected chi connectivity index (χ1v) is 8.14. The Morgan fingerprint density at radius 2 is 2.04 bits per heavy atom. The Kier molecular flexibility index (Phi) is 4.89. The summed E-state index contributed by atoms with van der Waals surface area (Å²) < 4.78 is 44.2. The first-order valence-electron chi connectivity index (χ1n) is 7.32. The number of carbonyl (C=O) groups excluding carboxylic acids is 1. The van der Waals surface area contributed by atoms with Crippen LogP contribution in [-0.4, -0.2) is 28.5 Å². The van der Waals surface area contributed by atoms with Crippen molar-refractivity contribution in [3.63, 3.8) is 0 Å². The molecular formula is C17H13F3N2O2S. The highest BCUT2D eigenvalue weighted by Crippen LogP contribution is 2.23. The van der Waals surface area contributed by atoms with Crippen molar-refractivity contribution in [3.8, 4) is 0 Å². The fourth-order valence-corrected chi connectivity index (χ4v) is 3.10. The van der Waals surface area contributed by atoms with Crippen LogP contribution in [0.2, 0.25) is 0 Å².